The minimum atomic E-state index is -0.309. The van der Waals surface area contributed by atoms with E-state index in [1.807, 2.05) is 38.1 Å². The average Bonchev–Trinajstić information content (AvgIpc) is 2.19. The van der Waals surface area contributed by atoms with Gasteiger partial charge in [0.15, 0.2) is 5.78 Å². The summed E-state index contributed by atoms with van der Waals surface area (Å²) in [5.74, 6) is 0.0682. The van der Waals surface area contributed by atoms with Crippen molar-refractivity contribution in [1.82, 2.24) is 0 Å². The van der Waals surface area contributed by atoms with E-state index < -0.39 is 0 Å². The van der Waals surface area contributed by atoms with Gasteiger partial charge in [-0.25, -0.2) is 0 Å². The van der Waals surface area contributed by atoms with E-state index in [0.29, 0.717) is 6.42 Å². The lowest BCUT2D eigenvalue weighted by Crippen LogP contribution is -2.22. The van der Waals surface area contributed by atoms with Crippen LogP contribution in [0.3, 0.4) is 0 Å². The van der Waals surface area contributed by atoms with Crippen molar-refractivity contribution >= 4 is 5.78 Å². The van der Waals surface area contributed by atoms with Crippen LogP contribution in [0.25, 0.3) is 0 Å². The Morgan fingerprint density at radius 1 is 1.50 bits per heavy atom. The van der Waals surface area contributed by atoms with Crippen molar-refractivity contribution in [3.05, 3.63) is 35.4 Å². The summed E-state index contributed by atoms with van der Waals surface area (Å²) in [7, 11) is 1.57. The molecule has 1 aromatic carbocycles. The maximum atomic E-state index is 11.8. The summed E-state index contributed by atoms with van der Waals surface area (Å²) in [6, 6.07) is 7.59. The number of methoxy groups -OCH3 is 1. The monoisotopic (exact) mass is 192 g/mol. The third kappa shape index (κ3) is 2.42. The normalized spacial score (nSPS) is 12.5. The van der Waals surface area contributed by atoms with Crippen molar-refractivity contribution in [3.63, 3.8) is 0 Å². The van der Waals surface area contributed by atoms with Crippen molar-refractivity contribution in [2.24, 2.45) is 0 Å². The highest BCUT2D eigenvalue weighted by Gasteiger charge is 2.16. The molecule has 1 aromatic rings. The number of aryl methyl sites for hydroxylation is 1. The Morgan fingerprint density at radius 2 is 2.21 bits per heavy atom. The van der Waals surface area contributed by atoms with Crippen LogP contribution in [0.1, 0.15) is 29.3 Å². The maximum absolute atomic E-state index is 11.8. The summed E-state index contributed by atoms with van der Waals surface area (Å²) in [6.07, 6.45) is 0.403. The number of carbonyl (C=O) groups excluding carboxylic acids is 1. The van der Waals surface area contributed by atoms with Crippen LogP contribution >= 0.6 is 0 Å². The van der Waals surface area contributed by atoms with Crippen LogP contribution in [-0.2, 0) is 4.74 Å². The Kier molecular flexibility index (Phi) is 3.84. The molecule has 0 aliphatic rings. The molecule has 0 aromatic heterocycles. The first kappa shape index (κ1) is 10.9. The van der Waals surface area contributed by atoms with E-state index in [0.717, 1.165) is 11.1 Å². The van der Waals surface area contributed by atoms with Gasteiger partial charge in [-0.05, 0) is 19.4 Å². The predicted octanol–water partition coefficient (Wildman–Crippen LogP) is 2.60. The topological polar surface area (TPSA) is 26.3 Å². The fraction of sp³-hybridized carbons (Fsp3) is 0.417. The number of hydrogen-bond donors (Lipinski definition) is 0. The van der Waals surface area contributed by atoms with Gasteiger partial charge in [0.1, 0.15) is 6.10 Å². The van der Waals surface area contributed by atoms with E-state index in [4.69, 9.17) is 4.74 Å². The molecular formula is C12H16O2. The van der Waals surface area contributed by atoms with Crippen LogP contribution in [0, 0.1) is 6.92 Å². The van der Waals surface area contributed by atoms with Crippen molar-refractivity contribution in [3.8, 4) is 0 Å². The molecule has 0 aliphatic heterocycles. The van der Waals surface area contributed by atoms with E-state index in [1.165, 1.54) is 0 Å². The fourth-order valence-electron chi connectivity index (χ4n) is 1.44. The maximum Gasteiger partial charge on any atom is 0.191 e. The van der Waals surface area contributed by atoms with Crippen molar-refractivity contribution in [1.29, 1.82) is 0 Å². The van der Waals surface area contributed by atoms with E-state index in [1.54, 1.807) is 7.11 Å². The van der Waals surface area contributed by atoms with Crippen LogP contribution in [0.4, 0.5) is 0 Å². The van der Waals surface area contributed by atoms with Crippen molar-refractivity contribution < 1.29 is 9.53 Å². The second kappa shape index (κ2) is 4.91. The van der Waals surface area contributed by atoms with Gasteiger partial charge < -0.3 is 4.74 Å². The number of ether oxygens (including phenoxy) is 1. The molecule has 1 unspecified atom stereocenters. The molecule has 1 rings (SSSR count). The van der Waals surface area contributed by atoms with Gasteiger partial charge in [-0.1, -0.05) is 30.7 Å². The van der Waals surface area contributed by atoms with E-state index in [2.05, 4.69) is 0 Å². The molecule has 0 aliphatic carbocycles. The highest BCUT2D eigenvalue weighted by Crippen LogP contribution is 2.10. The Labute approximate surface area is 84.9 Å². The van der Waals surface area contributed by atoms with Crippen LogP contribution in [0.5, 0.6) is 0 Å². The lowest BCUT2D eigenvalue weighted by molar-refractivity contribution is 0.0595. The summed E-state index contributed by atoms with van der Waals surface area (Å²) >= 11 is 0. The molecule has 1 atom stereocenters. The number of carbonyl (C=O) groups is 1. The highest BCUT2D eigenvalue weighted by molar-refractivity contribution is 5.99. The summed E-state index contributed by atoms with van der Waals surface area (Å²) in [5, 5.41) is 0. The van der Waals surface area contributed by atoms with E-state index in [-0.39, 0.29) is 11.9 Å². The molecule has 0 N–H and O–H groups in total. The smallest absolute Gasteiger partial charge is 0.191 e. The number of benzene rings is 1. The van der Waals surface area contributed by atoms with Crippen LogP contribution in [0.2, 0.25) is 0 Å². The van der Waals surface area contributed by atoms with E-state index in [9.17, 15) is 4.79 Å². The minimum Gasteiger partial charge on any atom is -0.373 e. The van der Waals surface area contributed by atoms with Gasteiger partial charge in [-0.2, -0.15) is 0 Å². The molecule has 0 heterocycles. The van der Waals surface area contributed by atoms with Gasteiger partial charge in [0.05, 0.1) is 0 Å². The summed E-state index contributed by atoms with van der Waals surface area (Å²) in [5.41, 5.74) is 1.83. The number of rotatable bonds is 4. The van der Waals surface area contributed by atoms with Gasteiger partial charge in [-0.15, -0.1) is 0 Å². The SMILES string of the molecule is CCC(OC)C(=O)c1cccc(C)c1. The van der Waals surface area contributed by atoms with Gasteiger partial charge in [0.25, 0.3) is 0 Å². The van der Waals surface area contributed by atoms with Gasteiger partial charge in [0.2, 0.25) is 0 Å². The van der Waals surface area contributed by atoms with Crippen molar-refractivity contribution in [2.75, 3.05) is 7.11 Å². The van der Waals surface area contributed by atoms with Gasteiger partial charge >= 0.3 is 0 Å². The molecule has 0 spiro atoms. The Hall–Kier alpha value is -1.15. The van der Waals surface area contributed by atoms with E-state index >= 15 is 0 Å². The number of Topliss-reactive ketones (excluding diaryl/α,β-unsaturated/α-hetero) is 1. The third-order valence-electron chi connectivity index (χ3n) is 2.25. The zero-order chi connectivity index (χ0) is 10.6. The molecule has 2 nitrogen and oxygen atoms in total. The third-order valence-corrected chi connectivity index (χ3v) is 2.25. The summed E-state index contributed by atoms with van der Waals surface area (Å²) < 4.78 is 5.11. The molecule has 0 bridgehead atoms. The van der Waals surface area contributed by atoms with Gasteiger partial charge in [-0.3, -0.25) is 4.79 Å². The molecule has 76 valence electrons. The second-order valence-corrected chi connectivity index (χ2v) is 3.37. The predicted molar refractivity (Wildman–Crippen MR) is 56.6 cm³/mol. The molecule has 0 amide bonds. The molecular weight excluding hydrogens is 176 g/mol. The fourth-order valence-corrected chi connectivity index (χ4v) is 1.44. The summed E-state index contributed by atoms with van der Waals surface area (Å²) in [6.45, 7) is 3.92. The first-order valence-electron chi connectivity index (χ1n) is 4.82. The zero-order valence-electron chi connectivity index (χ0n) is 8.91. The Balaban J connectivity index is 2.88. The average molecular weight is 192 g/mol. The van der Waals surface area contributed by atoms with Gasteiger partial charge in [0, 0.05) is 12.7 Å². The molecule has 0 radical (unpaired) electrons. The molecule has 0 saturated heterocycles. The van der Waals surface area contributed by atoms with Crippen LogP contribution < -0.4 is 0 Å². The quantitative estimate of drug-likeness (QED) is 0.685. The Morgan fingerprint density at radius 3 is 2.71 bits per heavy atom. The largest absolute Gasteiger partial charge is 0.373 e. The standard InChI is InChI=1S/C12H16O2/c1-4-11(14-3)12(13)10-7-5-6-9(2)8-10/h5-8,11H,4H2,1-3H3. The lowest BCUT2D eigenvalue weighted by Gasteiger charge is -2.11. The zero-order valence-corrected chi connectivity index (χ0v) is 8.91. The number of hydrogen-bond acceptors (Lipinski definition) is 2. The van der Waals surface area contributed by atoms with Crippen LogP contribution in [-0.4, -0.2) is 19.0 Å². The lowest BCUT2D eigenvalue weighted by atomic mass is 10.0. The van der Waals surface area contributed by atoms with Crippen LogP contribution in [0.15, 0.2) is 24.3 Å². The molecule has 0 fully saturated rings. The second-order valence-electron chi connectivity index (χ2n) is 3.37. The van der Waals surface area contributed by atoms with Crippen molar-refractivity contribution in [2.45, 2.75) is 26.4 Å². The highest BCUT2D eigenvalue weighted by atomic mass is 16.5. The molecule has 14 heavy (non-hydrogen) atoms. The molecule has 0 saturated carbocycles. The number of ketones is 1. The first-order chi connectivity index (χ1) is 6.69. The summed E-state index contributed by atoms with van der Waals surface area (Å²) in [4.78, 5) is 11.8. The Bertz CT molecular complexity index is 314. The minimum absolute atomic E-state index is 0.0682. The first-order valence-corrected chi connectivity index (χ1v) is 4.82. The molecule has 2 heteroatoms.